The van der Waals surface area contributed by atoms with Crippen LogP contribution in [0.1, 0.15) is 39.8 Å². The Morgan fingerprint density at radius 3 is 2.60 bits per heavy atom. The molecule has 0 unspecified atom stereocenters. The second-order valence-electron chi connectivity index (χ2n) is 8.31. The van der Waals surface area contributed by atoms with E-state index in [1.165, 1.54) is 28.9 Å². The number of benzene rings is 1. The maximum Gasteiger partial charge on any atom is 0.317 e. The first-order valence-electron chi connectivity index (χ1n) is 11.2. The first-order chi connectivity index (χ1) is 16.7. The van der Waals surface area contributed by atoms with Crippen LogP contribution in [0.15, 0.2) is 29.2 Å². The zero-order valence-electron chi connectivity index (χ0n) is 19.3. The summed E-state index contributed by atoms with van der Waals surface area (Å²) in [6.07, 6.45) is 0.292. The number of rotatable bonds is 5. The van der Waals surface area contributed by atoms with Gasteiger partial charge in [0.15, 0.2) is 17.2 Å². The van der Waals surface area contributed by atoms with Crippen LogP contribution in [0, 0.1) is 11.6 Å². The van der Waals surface area contributed by atoms with Gasteiger partial charge in [-0.2, -0.15) is 0 Å². The molecule has 186 valence electrons. The van der Waals surface area contributed by atoms with Crippen LogP contribution in [-0.2, 0) is 6.42 Å². The van der Waals surface area contributed by atoms with E-state index < -0.39 is 40.7 Å². The number of urea groups is 1. The Balaban J connectivity index is 1.68. The van der Waals surface area contributed by atoms with Crippen LogP contribution in [0.25, 0.3) is 0 Å². The largest absolute Gasteiger partial charge is 0.502 e. The molecule has 35 heavy (non-hydrogen) atoms. The number of Topliss-reactive ketones (excluding diaryl/α,β-unsaturated/α-hetero) is 1. The molecule has 10 nitrogen and oxygen atoms in total. The molecule has 1 aromatic carbocycles. The highest BCUT2D eigenvalue weighted by Crippen LogP contribution is 2.27. The number of nitrogens with one attached hydrogen (secondary N) is 1. The molecule has 2 aliphatic heterocycles. The van der Waals surface area contributed by atoms with Crippen molar-refractivity contribution in [1.82, 2.24) is 19.8 Å². The number of hydrogen-bond acceptors (Lipinski definition) is 6. The van der Waals surface area contributed by atoms with Gasteiger partial charge in [0, 0.05) is 38.8 Å². The average Bonchev–Trinajstić information content (AvgIpc) is 2.84. The molecule has 3 heterocycles. The molecular formula is C23H25F2N5O5. The van der Waals surface area contributed by atoms with Gasteiger partial charge >= 0.3 is 6.03 Å². The number of amides is 3. The molecule has 0 aliphatic carbocycles. The van der Waals surface area contributed by atoms with Crippen LogP contribution in [-0.4, -0.2) is 76.7 Å². The predicted molar refractivity (Wildman–Crippen MR) is 121 cm³/mol. The number of piperazine rings is 1. The van der Waals surface area contributed by atoms with Crippen molar-refractivity contribution < 1.29 is 28.3 Å². The number of halogens is 2. The van der Waals surface area contributed by atoms with Gasteiger partial charge in [-0.25, -0.2) is 13.6 Å². The van der Waals surface area contributed by atoms with Crippen LogP contribution in [0.3, 0.4) is 0 Å². The third-order valence-electron chi connectivity index (χ3n) is 6.37. The lowest BCUT2D eigenvalue weighted by atomic mass is 10.0. The predicted octanol–water partition coefficient (Wildman–Crippen LogP) is 1.04. The van der Waals surface area contributed by atoms with E-state index in [4.69, 9.17) is 0 Å². The Labute approximate surface area is 199 Å². The molecule has 0 bridgehead atoms. The number of hydrogen-bond donors (Lipinski definition) is 2. The quantitative estimate of drug-likeness (QED) is 0.607. The lowest BCUT2D eigenvalue weighted by Crippen LogP contribution is -2.69. The fourth-order valence-electron chi connectivity index (χ4n) is 4.53. The number of nitrogens with zero attached hydrogens (tertiary/aromatic N) is 4. The van der Waals surface area contributed by atoms with Gasteiger partial charge in [-0.1, -0.05) is 6.07 Å². The van der Waals surface area contributed by atoms with Gasteiger partial charge in [-0.05, 0) is 25.0 Å². The number of fused-ring (bicyclic) bond motifs is 3. The summed E-state index contributed by atoms with van der Waals surface area (Å²) in [5.41, 5.74) is -1.49. The van der Waals surface area contributed by atoms with Crippen molar-refractivity contribution in [3.63, 3.8) is 0 Å². The Kier molecular flexibility index (Phi) is 6.46. The minimum Gasteiger partial charge on any atom is -0.502 e. The minimum atomic E-state index is -0.993. The summed E-state index contributed by atoms with van der Waals surface area (Å²) >= 11 is 0. The van der Waals surface area contributed by atoms with E-state index in [-0.39, 0.29) is 55.3 Å². The van der Waals surface area contributed by atoms with Gasteiger partial charge in [-0.3, -0.25) is 24.1 Å². The Morgan fingerprint density at radius 2 is 1.94 bits per heavy atom. The molecule has 1 atom stereocenters. The van der Waals surface area contributed by atoms with Gasteiger partial charge < -0.3 is 20.2 Å². The van der Waals surface area contributed by atoms with Crippen molar-refractivity contribution in [2.75, 3.05) is 38.2 Å². The van der Waals surface area contributed by atoms with E-state index in [1.807, 2.05) is 0 Å². The van der Waals surface area contributed by atoms with E-state index in [9.17, 15) is 33.1 Å². The van der Waals surface area contributed by atoms with Gasteiger partial charge in [0.25, 0.3) is 5.91 Å². The highest BCUT2D eigenvalue weighted by atomic mass is 19.1. The molecule has 0 saturated carbocycles. The van der Waals surface area contributed by atoms with Gasteiger partial charge in [0.1, 0.15) is 17.8 Å². The van der Waals surface area contributed by atoms with Gasteiger partial charge in [0.2, 0.25) is 5.43 Å². The number of aryl methyl sites for hydroxylation is 1. The molecule has 0 spiro atoms. The number of pyridine rings is 1. The summed E-state index contributed by atoms with van der Waals surface area (Å²) in [6, 6.07) is 2.71. The summed E-state index contributed by atoms with van der Waals surface area (Å²) in [7, 11) is 1.51. The number of ketones is 1. The van der Waals surface area contributed by atoms with Crippen LogP contribution >= 0.6 is 0 Å². The fraction of sp³-hybridized carbons (Fsp3) is 0.391. The molecule has 3 amide bonds. The van der Waals surface area contributed by atoms with Gasteiger partial charge in [0.05, 0.1) is 18.7 Å². The molecule has 2 aromatic rings. The normalized spacial score (nSPS) is 17.2. The first-order valence-corrected chi connectivity index (χ1v) is 11.2. The lowest BCUT2D eigenvalue weighted by molar-refractivity contribution is 0.0465. The average molecular weight is 489 g/mol. The molecule has 1 aromatic heterocycles. The van der Waals surface area contributed by atoms with Crippen molar-refractivity contribution in [3.05, 3.63) is 63.1 Å². The van der Waals surface area contributed by atoms with Crippen molar-refractivity contribution >= 4 is 17.7 Å². The second-order valence-corrected chi connectivity index (χ2v) is 8.31. The highest BCUT2D eigenvalue weighted by molar-refractivity contribution is 6.00. The van der Waals surface area contributed by atoms with E-state index >= 15 is 0 Å². The zero-order valence-corrected chi connectivity index (χ0v) is 19.3. The monoisotopic (exact) mass is 489 g/mol. The maximum absolute atomic E-state index is 13.9. The third kappa shape index (κ3) is 4.19. The van der Waals surface area contributed by atoms with Crippen molar-refractivity contribution in [2.24, 2.45) is 0 Å². The third-order valence-corrected chi connectivity index (χ3v) is 6.37. The van der Waals surface area contributed by atoms with Gasteiger partial charge in [-0.15, -0.1) is 0 Å². The molecule has 2 N–H and O–H groups in total. The standard InChI is InChI=1S/C23H25F2N5O5/c1-3-28-18-12-27(23(35)26-2)8-9-29(18)30-11-15(20(32)21(33)19(30)22(28)34)17(31)7-5-13-4-6-14(24)10-16(13)25/h4,6,10-11,18,33H,3,5,7-9,12H2,1-2H3,(H,26,35)/t18-/m0/s1. The summed E-state index contributed by atoms with van der Waals surface area (Å²) in [5.74, 6) is -3.65. The van der Waals surface area contributed by atoms with E-state index in [0.29, 0.717) is 12.6 Å². The Bertz CT molecular complexity index is 1260. The van der Waals surface area contributed by atoms with E-state index in [2.05, 4.69) is 5.32 Å². The van der Waals surface area contributed by atoms with Crippen LogP contribution in [0.4, 0.5) is 13.6 Å². The van der Waals surface area contributed by atoms with Crippen LogP contribution in [0.2, 0.25) is 0 Å². The van der Waals surface area contributed by atoms with Crippen molar-refractivity contribution in [3.8, 4) is 5.75 Å². The first kappa shape index (κ1) is 24.2. The van der Waals surface area contributed by atoms with Crippen LogP contribution in [0.5, 0.6) is 5.75 Å². The van der Waals surface area contributed by atoms with E-state index in [1.54, 1.807) is 16.8 Å². The molecule has 2 aliphatic rings. The summed E-state index contributed by atoms with van der Waals surface area (Å²) < 4.78 is 28.4. The molecular weight excluding hydrogens is 464 g/mol. The van der Waals surface area contributed by atoms with Crippen molar-refractivity contribution in [1.29, 1.82) is 0 Å². The number of carbonyl (C=O) groups excluding carboxylic acids is 3. The minimum absolute atomic E-state index is 0.0805. The summed E-state index contributed by atoms with van der Waals surface area (Å²) in [4.78, 5) is 54.1. The summed E-state index contributed by atoms with van der Waals surface area (Å²) in [5, 5.41) is 14.9. The van der Waals surface area contributed by atoms with Crippen LogP contribution < -0.4 is 15.8 Å². The number of carbonyl (C=O) groups is 3. The molecule has 12 heteroatoms. The zero-order chi connectivity index (χ0) is 25.4. The topological polar surface area (TPSA) is 115 Å². The lowest BCUT2D eigenvalue weighted by Gasteiger charge is -2.51. The maximum atomic E-state index is 13.9. The smallest absolute Gasteiger partial charge is 0.317 e. The Morgan fingerprint density at radius 1 is 1.20 bits per heavy atom. The molecule has 4 rings (SSSR count). The Hall–Kier alpha value is -3.96. The van der Waals surface area contributed by atoms with Crippen molar-refractivity contribution in [2.45, 2.75) is 25.9 Å². The molecule has 1 fully saturated rings. The highest BCUT2D eigenvalue weighted by Gasteiger charge is 2.43. The number of aromatic nitrogens is 1. The number of aromatic hydroxyl groups is 1. The number of likely N-dealkylation sites (N-methyl/N-ethyl adjacent to an activating group) is 1. The SMILES string of the molecule is CCN1C(=O)c2c(O)c(=O)c(C(=O)CCc3ccc(F)cc3F)cn2N2CCN(C(=O)NC)C[C@@H]12. The fourth-order valence-corrected chi connectivity index (χ4v) is 4.53. The molecule has 1 saturated heterocycles. The molecule has 0 radical (unpaired) electrons. The summed E-state index contributed by atoms with van der Waals surface area (Å²) in [6.45, 7) is 2.76. The van der Waals surface area contributed by atoms with E-state index in [0.717, 1.165) is 6.07 Å². The second kappa shape index (κ2) is 9.35.